The van der Waals surface area contributed by atoms with E-state index in [0.29, 0.717) is 24.6 Å². The summed E-state index contributed by atoms with van der Waals surface area (Å²) in [7, 11) is -8.20. The van der Waals surface area contributed by atoms with Crippen LogP contribution in [0.2, 0.25) is 0 Å². The molecule has 0 atom stereocenters. The van der Waals surface area contributed by atoms with Crippen LogP contribution in [0.15, 0.2) is 59.5 Å². The lowest BCUT2D eigenvalue weighted by Gasteiger charge is -2.36. The van der Waals surface area contributed by atoms with Crippen molar-refractivity contribution < 1.29 is 31.6 Å². The smallest absolute Gasteiger partial charge is 0.244 e. The highest BCUT2D eigenvalue weighted by atomic mass is 32.2. The lowest BCUT2D eigenvalue weighted by molar-refractivity contribution is -0.130. The molecule has 2 aromatic rings. The van der Waals surface area contributed by atoms with Gasteiger partial charge in [-0.1, -0.05) is 18.2 Å². The molecule has 0 bridgehead atoms. The molecule has 1 aliphatic rings. The largest absolute Gasteiger partial charge is 0.457 e. The van der Waals surface area contributed by atoms with Gasteiger partial charge in [0.1, 0.15) is 17.4 Å². The van der Waals surface area contributed by atoms with Gasteiger partial charge >= 0.3 is 0 Å². The van der Waals surface area contributed by atoms with Gasteiger partial charge in [0.2, 0.25) is 15.9 Å². The zero-order chi connectivity index (χ0) is 23.2. The molecule has 0 unspecified atom stereocenters. The van der Waals surface area contributed by atoms with E-state index < -0.39 is 42.8 Å². The minimum absolute atomic E-state index is 0.121. The van der Waals surface area contributed by atoms with Crippen LogP contribution in [0.1, 0.15) is 19.3 Å². The highest BCUT2D eigenvalue weighted by molar-refractivity contribution is 7.94. The molecule has 0 radical (unpaired) electrons. The Labute approximate surface area is 186 Å². The summed E-state index contributed by atoms with van der Waals surface area (Å²) in [6, 6.07) is 14.5. The van der Waals surface area contributed by atoms with E-state index in [1.165, 1.54) is 29.7 Å². The second kappa shape index (κ2) is 9.96. The molecular formula is C20H25N3O7S2. The Bertz CT molecular complexity index is 1130. The fourth-order valence-corrected chi connectivity index (χ4v) is 6.90. The highest BCUT2D eigenvalue weighted by Crippen LogP contribution is 2.32. The van der Waals surface area contributed by atoms with E-state index in [1.807, 2.05) is 6.07 Å². The number of benzene rings is 2. The number of amides is 1. The van der Waals surface area contributed by atoms with E-state index in [9.17, 15) is 21.6 Å². The first kappa shape index (κ1) is 24.1. The molecule has 0 spiro atoms. The standard InChI is InChI=1S/C20H25N3O7S2/c24-19(23-25)14-20(10-12-21-13-11-20)31(26,27)15-22-32(28,29)18-8-6-17(7-9-18)30-16-4-2-1-3-5-16/h1-9,21-22,25H,10-15H2,(H,23,24). The van der Waals surface area contributed by atoms with Crippen LogP contribution in [-0.2, 0) is 24.7 Å². The molecule has 1 amide bonds. The van der Waals surface area contributed by atoms with Crippen LogP contribution in [0.25, 0.3) is 0 Å². The van der Waals surface area contributed by atoms with Crippen molar-refractivity contribution >= 4 is 25.8 Å². The molecule has 0 aliphatic carbocycles. The van der Waals surface area contributed by atoms with Crippen molar-refractivity contribution in [3.05, 3.63) is 54.6 Å². The summed E-state index contributed by atoms with van der Waals surface area (Å²) in [5.74, 6) is -0.693. The Hall–Kier alpha value is -2.51. The Kier molecular flexibility index (Phi) is 7.51. The number of ether oxygens (including phenoxy) is 1. The third-order valence-corrected chi connectivity index (χ3v) is 9.33. The minimum atomic E-state index is -4.13. The minimum Gasteiger partial charge on any atom is -0.457 e. The molecule has 1 fully saturated rings. The van der Waals surface area contributed by atoms with E-state index >= 15 is 0 Å². The lowest BCUT2D eigenvalue weighted by atomic mass is 9.93. The van der Waals surface area contributed by atoms with Crippen molar-refractivity contribution in [2.24, 2.45) is 0 Å². The van der Waals surface area contributed by atoms with Gasteiger partial charge in [0.15, 0.2) is 9.84 Å². The molecule has 10 nitrogen and oxygen atoms in total. The summed E-state index contributed by atoms with van der Waals surface area (Å²) in [6.45, 7) is 0.709. The first-order valence-electron chi connectivity index (χ1n) is 9.86. The number of hydrogen-bond acceptors (Lipinski definition) is 8. The molecule has 2 aromatic carbocycles. The summed E-state index contributed by atoms with van der Waals surface area (Å²) < 4.78 is 57.7. The van der Waals surface area contributed by atoms with E-state index in [2.05, 4.69) is 10.0 Å². The number of carbonyl (C=O) groups excluding carboxylic acids is 1. The molecule has 0 aromatic heterocycles. The Morgan fingerprint density at radius 3 is 2.16 bits per heavy atom. The maximum absolute atomic E-state index is 13.1. The molecule has 12 heteroatoms. The van der Waals surface area contributed by atoms with Crippen LogP contribution < -0.4 is 20.3 Å². The summed E-state index contributed by atoms with van der Waals surface area (Å²) in [4.78, 5) is 11.6. The van der Waals surface area contributed by atoms with Gasteiger partial charge < -0.3 is 10.1 Å². The van der Waals surface area contributed by atoms with Crippen molar-refractivity contribution in [3.63, 3.8) is 0 Å². The summed E-state index contributed by atoms with van der Waals surface area (Å²) >= 11 is 0. The van der Waals surface area contributed by atoms with Crippen molar-refractivity contribution in [1.29, 1.82) is 0 Å². The van der Waals surface area contributed by atoms with E-state index in [0.717, 1.165) is 0 Å². The number of carbonyl (C=O) groups is 1. The Morgan fingerprint density at radius 2 is 1.56 bits per heavy atom. The van der Waals surface area contributed by atoms with Gasteiger partial charge in [-0.15, -0.1) is 0 Å². The average molecular weight is 484 g/mol. The van der Waals surface area contributed by atoms with Crippen LogP contribution in [0.5, 0.6) is 11.5 Å². The third-order valence-electron chi connectivity index (χ3n) is 5.33. The van der Waals surface area contributed by atoms with Crippen molar-refractivity contribution in [3.8, 4) is 11.5 Å². The number of sulfonamides is 1. The van der Waals surface area contributed by atoms with Gasteiger partial charge in [-0.05, 0) is 62.3 Å². The Balaban J connectivity index is 1.72. The molecule has 0 saturated carbocycles. The van der Waals surface area contributed by atoms with E-state index in [-0.39, 0.29) is 17.7 Å². The maximum Gasteiger partial charge on any atom is 0.244 e. The first-order chi connectivity index (χ1) is 15.2. The first-order valence-corrected chi connectivity index (χ1v) is 13.0. The monoisotopic (exact) mass is 483 g/mol. The van der Waals surface area contributed by atoms with E-state index in [1.54, 1.807) is 24.3 Å². The third kappa shape index (κ3) is 5.64. The molecule has 4 N–H and O–H groups in total. The second-order valence-electron chi connectivity index (χ2n) is 7.44. The normalized spacial score (nSPS) is 16.3. The SMILES string of the molecule is O=C(CC1(S(=O)(=O)CNS(=O)(=O)c2ccc(Oc3ccccc3)cc2)CCNCC1)NO. The summed E-state index contributed by atoms with van der Waals surface area (Å²) in [5, 5.41) is 11.9. The lowest BCUT2D eigenvalue weighted by Crippen LogP contribution is -2.53. The number of sulfone groups is 1. The predicted molar refractivity (Wildman–Crippen MR) is 116 cm³/mol. The van der Waals surface area contributed by atoms with Crippen LogP contribution in [0, 0.1) is 0 Å². The van der Waals surface area contributed by atoms with Gasteiger partial charge in [-0.2, -0.15) is 4.72 Å². The van der Waals surface area contributed by atoms with Gasteiger partial charge in [0, 0.05) is 6.42 Å². The van der Waals surface area contributed by atoms with E-state index in [4.69, 9.17) is 9.94 Å². The number of piperidine rings is 1. The molecule has 1 aliphatic heterocycles. The van der Waals surface area contributed by atoms with Crippen molar-refractivity contribution in [2.75, 3.05) is 19.0 Å². The number of hydroxylamine groups is 1. The van der Waals surface area contributed by atoms with Gasteiger partial charge in [0.05, 0.1) is 9.64 Å². The van der Waals surface area contributed by atoms with Gasteiger partial charge in [-0.3, -0.25) is 10.0 Å². The zero-order valence-electron chi connectivity index (χ0n) is 17.2. The molecule has 3 rings (SSSR count). The fraction of sp³-hybridized carbons (Fsp3) is 0.350. The molecule has 174 valence electrons. The molecular weight excluding hydrogens is 458 g/mol. The van der Waals surface area contributed by atoms with Gasteiger partial charge in [0.25, 0.3) is 0 Å². The topological polar surface area (TPSA) is 151 Å². The quantitative estimate of drug-likeness (QED) is 0.306. The van der Waals surface area contributed by atoms with Crippen molar-refractivity contribution in [1.82, 2.24) is 15.5 Å². The second-order valence-corrected chi connectivity index (χ2v) is 11.6. The summed E-state index contributed by atoms with van der Waals surface area (Å²) in [6.07, 6.45) is -0.216. The predicted octanol–water partition coefficient (Wildman–Crippen LogP) is 1.15. The van der Waals surface area contributed by atoms with Crippen LogP contribution in [0.4, 0.5) is 0 Å². The maximum atomic E-state index is 13.1. The molecule has 1 heterocycles. The molecule has 32 heavy (non-hydrogen) atoms. The molecule has 1 saturated heterocycles. The summed E-state index contributed by atoms with van der Waals surface area (Å²) in [5.41, 5.74) is 1.46. The fourth-order valence-electron chi connectivity index (χ4n) is 3.52. The average Bonchev–Trinajstić information content (AvgIpc) is 2.79. The van der Waals surface area contributed by atoms with Crippen LogP contribution in [-0.4, -0.2) is 51.7 Å². The van der Waals surface area contributed by atoms with Crippen LogP contribution >= 0.6 is 0 Å². The zero-order valence-corrected chi connectivity index (χ0v) is 18.8. The van der Waals surface area contributed by atoms with Crippen LogP contribution in [0.3, 0.4) is 0 Å². The van der Waals surface area contributed by atoms with Gasteiger partial charge in [-0.25, -0.2) is 22.3 Å². The van der Waals surface area contributed by atoms with Crippen molar-refractivity contribution in [2.45, 2.75) is 28.9 Å². The number of hydrogen-bond donors (Lipinski definition) is 4. The number of para-hydroxylation sites is 1. The Morgan fingerprint density at radius 1 is 0.969 bits per heavy atom. The number of nitrogens with one attached hydrogen (secondary N) is 3. The highest BCUT2D eigenvalue weighted by Gasteiger charge is 2.46. The number of rotatable bonds is 9.